The highest BCUT2D eigenvalue weighted by atomic mass is 35.5. The van der Waals surface area contributed by atoms with Crippen molar-refractivity contribution in [2.45, 2.75) is 0 Å². The van der Waals surface area contributed by atoms with Crippen LogP contribution in [0.2, 0.25) is 25.1 Å². The second-order valence-electron chi connectivity index (χ2n) is 4.46. The molecule has 0 aliphatic heterocycles. The SMILES string of the molecule is COc1ccc(NC(=O)COc2c(Cl)c(Cl)c(Cl)c(Cl)c2Cl)cc1. The zero-order chi connectivity index (χ0) is 17.9. The van der Waals surface area contributed by atoms with Crippen LogP contribution in [0.5, 0.6) is 11.5 Å². The molecule has 9 heteroatoms. The number of hydrogen-bond acceptors (Lipinski definition) is 3. The van der Waals surface area contributed by atoms with Crippen molar-refractivity contribution in [1.29, 1.82) is 0 Å². The summed E-state index contributed by atoms with van der Waals surface area (Å²) >= 11 is 29.8. The number of rotatable bonds is 5. The maximum atomic E-state index is 12.0. The van der Waals surface area contributed by atoms with Gasteiger partial charge in [-0.25, -0.2) is 0 Å². The van der Waals surface area contributed by atoms with Crippen LogP contribution in [0.4, 0.5) is 5.69 Å². The fourth-order valence-corrected chi connectivity index (χ4v) is 2.95. The van der Waals surface area contributed by atoms with Crippen molar-refractivity contribution in [1.82, 2.24) is 0 Å². The first-order valence-corrected chi connectivity index (χ1v) is 8.32. The molecule has 0 bridgehead atoms. The quantitative estimate of drug-likeness (QED) is 0.470. The minimum atomic E-state index is -0.422. The Morgan fingerprint density at radius 3 is 1.92 bits per heavy atom. The summed E-state index contributed by atoms with van der Waals surface area (Å²) in [5, 5.41) is 2.62. The van der Waals surface area contributed by atoms with Crippen molar-refractivity contribution in [3.63, 3.8) is 0 Å². The molecule has 2 aromatic carbocycles. The van der Waals surface area contributed by atoms with E-state index in [0.29, 0.717) is 11.4 Å². The van der Waals surface area contributed by atoms with Gasteiger partial charge in [0.2, 0.25) is 0 Å². The fraction of sp³-hybridized carbons (Fsp3) is 0.133. The van der Waals surface area contributed by atoms with Crippen LogP contribution in [-0.2, 0) is 4.79 Å². The number of methoxy groups -OCH3 is 1. The van der Waals surface area contributed by atoms with Gasteiger partial charge < -0.3 is 14.8 Å². The van der Waals surface area contributed by atoms with Gasteiger partial charge in [0, 0.05) is 5.69 Å². The predicted molar refractivity (Wildman–Crippen MR) is 98.6 cm³/mol. The van der Waals surface area contributed by atoms with E-state index < -0.39 is 5.91 Å². The largest absolute Gasteiger partial charge is 0.497 e. The molecule has 0 unspecified atom stereocenters. The predicted octanol–water partition coefficient (Wildman–Crippen LogP) is 5.98. The van der Waals surface area contributed by atoms with Gasteiger partial charge in [0.15, 0.2) is 12.4 Å². The summed E-state index contributed by atoms with van der Waals surface area (Å²) in [6, 6.07) is 6.80. The van der Waals surface area contributed by atoms with E-state index in [1.54, 1.807) is 31.4 Å². The summed E-state index contributed by atoms with van der Waals surface area (Å²) in [6.07, 6.45) is 0. The molecule has 128 valence electrons. The molecule has 0 saturated carbocycles. The summed E-state index contributed by atoms with van der Waals surface area (Å²) in [4.78, 5) is 12.0. The first kappa shape index (κ1) is 19.3. The fourth-order valence-electron chi connectivity index (χ4n) is 1.72. The average molecular weight is 430 g/mol. The Bertz CT molecular complexity index is 736. The third-order valence-corrected chi connectivity index (χ3v) is 5.13. The second-order valence-corrected chi connectivity index (χ2v) is 6.35. The van der Waals surface area contributed by atoms with E-state index in [1.165, 1.54) is 0 Å². The van der Waals surface area contributed by atoms with E-state index in [-0.39, 0.29) is 37.5 Å². The Morgan fingerprint density at radius 2 is 1.42 bits per heavy atom. The van der Waals surface area contributed by atoms with Crippen LogP contribution < -0.4 is 14.8 Å². The van der Waals surface area contributed by atoms with Crippen LogP contribution >= 0.6 is 58.0 Å². The van der Waals surface area contributed by atoms with E-state index in [4.69, 9.17) is 67.5 Å². The lowest BCUT2D eigenvalue weighted by Crippen LogP contribution is -2.20. The number of nitrogens with one attached hydrogen (secondary N) is 1. The van der Waals surface area contributed by atoms with Crippen LogP contribution in [0.3, 0.4) is 0 Å². The number of hydrogen-bond donors (Lipinski definition) is 1. The topological polar surface area (TPSA) is 47.6 Å². The Hall–Kier alpha value is -1.04. The molecule has 4 nitrogen and oxygen atoms in total. The summed E-state index contributed by atoms with van der Waals surface area (Å²) in [5.74, 6) is 0.241. The first-order valence-electron chi connectivity index (χ1n) is 6.43. The molecule has 2 rings (SSSR count). The highest BCUT2D eigenvalue weighted by Gasteiger charge is 2.21. The smallest absolute Gasteiger partial charge is 0.262 e. The minimum Gasteiger partial charge on any atom is -0.497 e. The van der Waals surface area contributed by atoms with E-state index in [9.17, 15) is 4.79 Å². The number of carbonyl (C=O) groups is 1. The van der Waals surface area contributed by atoms with Gasteiger partial charge in [-0.15, -0.1) is 0 Å². The van der Waals surface area contributed by atoms with Gasteiger partial charge in [-0.3, -0.25) is 4.79 Å². The van der Waals surface area contributed by atoms with Crippen LogP contribution in [0.25, 0.3) is 0 Å². The van der Waals surface area contributed by atoms with Gasteiger partial charge in [0.25, 0.3) is 5.91 Å². The molecule has 1 N–H and O–H groups in total. The molecule has 0 aromatic heterocycles. The van der Waals surface area contributed by atoms with Crippen molar-refractivity contribution in [2.75, 3.05) is 19.0 Å². The van der Waals surface area contributed by atoms with Crippen LogP contribution in [0.1, 0.15) is 0 Å². The van der Waals surface area contributed by atoms with E-state index in [1.807, 2.05) is 0 Å². The number of carbonyl (C=O) groups excluding carboxylic acids is 1. The molecule has 24 heavy (non-hydrogen) atoms. The molecule has 0 fully saturated rings. The Morgan fingerprint density at radius 1 is 0.917 bits per heavy atom. The highest BCUT2D eigenvalue weighted by molar-refractivity contribution is 6.55. The van der Waals surface area contributed by atoms with Gasteiger partial charge >= 0.3 is 0 Å². The number of amides is 1. The minimum absolute atomic E-state index is 0.00158. The normalized spacial score (nSPS) is 10.4. The summed E-state index contributed by atoms with van der Waals surface area (Å²) in [7, 11) is 1.55. The number of anilines is 1. The van der Waals surface area contributed by atoms with E-state index in [0.717, 1.165) is 0 Å². The zero-order valence-corrected chi connectivity index (χ0v) is 15.9. The van der Waals surface area contributed by atoms with Crippen LogP contribution in [0, 0.1) is 0 Å². The monoisotopic (exact) mass is 427 g/mol. The highest BCUT2D eigenvalue weighted by Crippen LogP contribution is 2.48. The van der Waals surface area contributed by atoms with Crippen LogP contribution in [-0.4, -0.2) is 19.6 Å². The zero-order valence-electron chi connectivity index (χ0n) is 12.1. The lowest BCUT2D eigenvalue weighted by atomic mass is 10.3. The maximum Gasteiger partial charge on any atom is 0.262 e. The number of ether oxygens (including phenoxy) is 2. The molecule has 0 radical (unpaired) electrons. The van der Waals surface area contributed by atoms with Crippen molar-refractivity contribution >= 4 is 69.6 Å². The van der Waals surface area contributed by atoms with Gasteiger partial charge in [0.05, 0.1) is 22.2 Å². The van der Waals surface area contributed by atoms with Gasteiger partial charge in [0.1, 0.15) is 15.8 Å². The number of halogens is 5. The molecule has 1 amide bonds. The van der Waals surface area contributed by atoms with Crippen molar-refractivity contribution < 1.29 is 14.3 Å². The molecule has 0 spiro atoms. The average Bonchev–Trinajstić information content (AvgIpc) is 2.59. The standard InChI is InChI=1S/C15H10Cl5NO3/c1-23-8-4-2-7(3-5-8)21-9(22)6-24-15-13(19)11(17)10(16)12(18)14(15)20/h2-5H,6H2,1H3,(H,21,22). The second kappa shape index (κ2) is 8.37. The van der Waals surface area contributed by atoms with Crippen LogP contribution in [0.15, 0.2) is 24.3 Å². The van der Waals surface area contributed by atoms with Gasteiger partial charge in [-0.2, -0.15) is 0 Å². The molecule has 0 saturated heterocycles. The Balaban J connectivity index is 2.06. The summed E-state index contributed by atoms with van der Waals surface area (Å²) in [6.45, 7) is -0.347. The number of benzene rings is 2. The van der Waals surface area contributed by atoms with E-state index in [2.05, 4.69) is 5.32 Å². The van der Waals surface area contributed by atoms with Crippen molar-refractivity contribution in [3.8, 4) is 11.5 Å². The molecular formula is C15H10Cl5NO3. The van der Waals surface area contributed by atoms with Gasteiger partial charge in [-0.1, -0.05) is 58.0 Å². The molecule has 0 aliphatic carbocycles. The Kier molecular flexibility index (Phi) is 6.72. The summed E-state index contributed by atoms with van der Waals surface area (Å²) in [5.41, 5.74) is 0.578. The Labute approximate surface area is 163 Å². The van der Waals surface area contributed by atoms with Crippen molar-refractivity contribution in [3.05, 3.63) is 49.4 Å². The molecule has 0 atom stereocenters. The molecule has 0 aliphatic rings. The maximum absolute atomic E-state index is 12.0. The lowest BCUT2D eigenvalue weighted by molar-refractivity contribution is -0.118. The molecule has 2 aromatic rings. The third-order valence-electron chi connectivity index (χ3n) is 2.89. The molecule has 0 heterocycles. The first-order chi connectivity index (χ1) is 11.3. The lowest BCUT2D eigenvalue weighted by Gasteiger charge is -2.13. The van der Waals surface area contributed by atoms with Crippen molar-refractivity contribution in [2.24, 2.45) is 0 Å². The van der Waals surface area contributed by atoms with Gasteiger partial charge in [-0.05, 0) is 24.3 Å². The molecular weight excluding hydrogens is 419 g/mol. The third kappa shape index (κ3) is 4.32. The summed E-state index contributed by atoms with van der Waals surface area (Å²) < 4.78 is 10.4. The van der Waals surface area contributed by atoms with E-state index >= 15 is 0 Å².